The highest BCUT2D eigenvalue weighted by molar-refractivity contribution is 6.00. The Labute approximate surface area is 109 Å². The van der Waals surface area contributed by atoms with Crippen LogP contribution in [0.25, 0.3) is 10.9 Å². The summed E-state index contributed by atoms with van der Waals surface area (Å²) >= 11 is 0. The van der Waals surface area contributed by atoms with Gasteiger partial charge in [0.25, 0.3) is 0 Å². The second kappa shape index (κ2) is 4.49. The number of carbonyl (C=O) groups is 1. The summed E-state index contributed by atoms with van der Waals surface area (Å²) in [4.78, 5) is 11.8. The summed E-state index contributed by atoms with van der Waals surface area (Å²) in [5.41, 5.74) is 2.50. The Hall–Kier alpha value is -2.76. The molecule has 6 heteroatoms. The van der Waals surface area contributed by atoms with Crippen molar-refractivity contribution in [2.45, 2.75) is 0 Å². The summed E-state index contributed by atoms with van der Waals surface area (Å²) < 4.78 is 2.03. The molecule has 19 heavy (non-hydrogen) atoms. The van der Waals surface area contributed by atoms with Gasteiger partial charge in [-0.25, -0.2) is 4.79 Å². The summed E-state index contributed by atoms with van der Waals surface area (Å²) in [5.74, 6) is 0. The summed E-state index contributed by atoms with van der Waals surface area (Å²) in [7, 11) is 1.99. The van der Waals surface area contributed by atoms with Crippen molar-refractivity contribution < 1.29 is 4.79 Å². The number of nitrogens with zero attached hydrogens (tertiary/aromatic N) is 2. The Kier molecular flexibility index (Phi) is 2.68. The minimum atomic E-state index is -0.295. The Morgan fingerprint density at radius 3 is 2.89 bits per heavy atom. The molecular weight excluding hydrogens is 242 g/mol. The Morgan fingerprint density at radius 2 is 2.11 bits per heavy atom. The van der Waals surface area contributed by atoms with Gasteiger partial charge < -0.3 is 15.2 Å². The molecule has 0 spiro atoms. The average molecular weight is 255 g/mol. The second-order valence-corrected chi connectivity index (χ2v) is 4.27. The molecule has 2 aromatic heterocycles. The van der Waals surface area contributed by atoms with Gasteiger partial charge in [-0.05, 0) is 24.3 Å². The van der Waals surface area contributed by atoms with E-state index < -0.39 is 0 Å². The summed E-state index contributed by atoms with van der Waals surface area (Å²) in [6.07, 6.45) is 5.14. The van der Waals surface area contributed by atoms with Crippen LogP contribution in [0.3, 0.4) is 0 Å². The molecule has 6 nitrogen and oxygen atoms in total. The number of carbonyl (C=O) groups excluding carboxylic acids is 1. The highest BCUT2D eigenvalue weighted by Gasteiger charge is 2.05. The molecule has 0 radical (unpaired) electrons. The fraction of sp³-hybridized carbons (Fsp3) is 0.0769. The first-order chi connectivity index (χ1) is 9.22. The third kappa shape index (κ3) is 2.28. The van der Waals surface area contributed by atoms with Gasteiger partial charge in [0.2, 0.25) is 0 Å². The third-order valence-electron chi connectivity index (χ3n) is 2.90. The number of aromatic amines is 1. The van der Waals surface area contributed by atoms with E-state index in [0.717, 1.165) is 16.6 Å². The van der Waals surface area contributed by atoms with Crippen molar-refractivity contribution in [3.63, 3.8) is 0 Å². The molecule has 3 rings (SSSR count). The number of nitrogens with one attached hydrogen (secondary N) is 3. The van der Waals surface area contributed by atoms with Crippen LogP contribution in [0.15, 0.2) is 42.9 Å². The van der Waals surface area contributed by atoms with Gasteiger partial charge in [0.1, 0.15) is 0 Å². The van der Waals surface area contributed by atoms with E-state index in [4.69, 9.17) is 0 Å². The van der Waals surface area contributed by atoms with Gasteiger partial charge in [-0.15, -0.1) is 0 Å². The van der Waals surface area contributed by atoms with Gasteiger partial charge >= 0.3 is 6.03 Å². The lowest BCUT2D eigenvalue weighted by atomic mass is 10.2. The maximum Gasteiger partial charge on any atom is 0.323 e. The Morgan fingerprint density at radius 1 is 1.26 bits per heavy atom. The molecule has 3 N–H and O–H groups in total. The minimum absolute atomic E-state index is 0.295. The fourth-order valence-corrected chi connectivity index (χ4v) is 1.97. The average Bonchev–Trinajstić information content (AvgIpc) is 3.00. The van der Waals surface area contributed by atoms with Crippen LogP contribution in [0.5, 0.6) is 0 Å². The van der Waals surface area contributed by atoms with Gasteiger partial charge in [-0.1, -0.05) is 0 Å². The fourth-order valence-electron chi connectivity index (χ4n) is 1.97. The van der Waals surface area contributed by atoms with Gasteiger partial charge in [-0.3, -0.25) is 5.10 Å². The number of aryl methyl sites for hydroxylation is 1. The number of rotatable bonds is 2. The largest absolute Gasteiger partial charge is 0.351 e. The summed E-state index contributed by atoms with van der Waals surface area (Å²) in [5, 5.41) is 12.9. The van der Waals surface area contributed by atoms with Gasteiger partial charge in [0, 0.05) is 36.0 Å². The lowest BCUT2D eigenvalue weighted by molar-refractivity contribution is 0.262. The SMILES string of the molecule is Cn1ccc2cc(NC(=O)Nc3cn[nH]c3)ccc21. The second-order valence-electron chi connectivity index (χ2n) is 4.27. The van der Waals surface area contributed by atoms with Crippen molar-refractivity contribution in [1.82, 2.24) is 14.8 Å². The smallest absolute Gasteiger partial charge is 0.323 e. The third-order valence-corrected chi connectivity index (χ3v) is 2.90. The zero-order valence-corrected chi connectivity index (χ0v) is 10.3. The summed E-state index contributed by atoms with van der Waals surface area (Å²) in [6, 6.07) is 7.50. The van der Waals surface area contributed by atoms with Crippen LogP contribution in [-0.4, -0.2) is 20.8 Å². The Bertz CT molecular complexity index is 714. The molecule has 0 atom stereocenters. The zero-order chi connectivity index (χ0) is 13.2. The normalized spacial score (nSPS) is 10.6. The van der Waals surface area contributed by atoms with E-state index in [1.165, 1.54) is 0 Å². The van der Waals surface area contributed by atoms with Crippen LogP contribution in [0.2, 0.25) is 0 Å². The number of anilines is 2. The number of benzene rings is 1. The maximum absolute atomic E-state index is 11.8. The first kappa shape index (κ1) is 11.3. The van der Waals surface area contributed by atoms with Crippen molar-refractivity contribution in [3.05, 3.63) is 42.9 Å². The molecule has 2 amide bonds. The van der Waals surface area contributed by atoms with E-state index in [0.29, 0.717) is 5.69 Å². The van der Waals surface area contributed by atoms with Crippen molar-refractivity contribution in [2.75, 3.05) is 10.6 Å². The number of aromatic nitrogens is 3. The number of fused-ring (bicyclic) bond motifs is 1. The molecule has 0 aliphatic rings. The number of amides is 2. The van der Waals surface area contributed by atoms with Gasteiger partial charge in [-0.2, -0.15) is 5.10 Å². The predicted molar refractivity (Wildman–Crippen MR) is 74.1 cm³/mol. The molecule has 0 unspecified atom stereocenters. The number of hydrogen-bond donors (Lipinski definition) is 3. The lowest BCUT2D eigenvalue weighted by Gasteiger charge is -2.06. The molecule has 2 heterocycles. The number of H-pyrrole nitrogens is 1. The van der Waals surface area contributed by atoms with Crippen LogP contribution in [0, 0.1) is 0 Å². The Balaban J connectivity index is 1.75. The van der Waals surface area contributed by atoms with Crippen LogP contribution >= 0.6 is 0 Å². The van der Waals surface area contributed by atoms with E-state index >= 15 is 0 Å². The maximum atomic E-state index is 11.8. The lowest BCUT2D eigenvalue weighted by Crippen LogP contribution is -2.18. The van der Waals surface area contributed by atoms with Crippen LogP contribution in [-0.2, 0) is 7.05 Å². The standard InChI is InChI=1S/C13H13N5O/c1-18-5-4-9-6-10(2-3-12(9)18)16-13(19)17-11-7-14-15-8-11/h2-8H,1H3,(H,14,15)(H2,16,17,19). The van der Waals surface area contributed by atoms with E-state index in [1.54, 1.807) is 12.4 Å². The van der Waals surface area contributed by atoms with Crippen molar-refractivity contribution in [1.29, 1.82) is 0 Å². The van der Waals surface area contributed by atoms with Crippen LogP contribution in [0.4, 0.5) is 16.2 Å². The van der Waals surface area contributed by atoms with Gasteiger partial charge in [0.15, 0.2) is 0 Å². The topological polar surface area (TPSA) is 74.7 Å². The molecule has 1 aromatic carbocycles. The van der Waals surface area contributed by atoms with E-state index in [-0.39, 0.29) is 6.03 Å². The van der Waals surface area contributed by atoms with E-state index in [9.17, 15) is 4.79 Å². The van der Waals surface area contributed by atoms with Gasteiger partial charge in [0.05, 0.1) is 11.9 Å². The monoisotopic (exact) mass is 255 g/mol. The molecule has 96 valence electrons. The highest BCUT2D eigenvalue weighted by atomic mass is 16.2. The van der Waals surface area contributed by atoms with E-state index in [1.807, 2.05) is 42.1 Å². The minimum Gasteiger partial charge on any atom is -0.351 e. The quantitative estimate of drug-likeness (QED) is 0.658. The predicted octanol–water partition coefficient (Wildman–Crippen LogP) is 2.55. The van der Waals surface area contributed by atoms with Crippen molar-refractivity contribution >= 4 is 28.3 Å². The van der Waals surface area contributed by atoms with E-state index in [2.05, 4.69) is 20.8 Å². The molecular formula is C13H13N5O. The molecule has 0 saturated heterocycles. The highest BCUT2D eigenvalue weighted by Crippen LogP contribution is 2.19. The summed E-state index contributed by atoms with van der Waals surface area (Å²) in [6.45, 7) is 0. The van der Waals surface area contributed by atoms with Crippen LogP contribution < -0.4 is 10.6 Å². The van der Waals surface area contributed by atoms with Crippen LogP contribution in [0.1, 0.15) is 0 Å². The number of urea groups is 1. The molecule has 0 aliphatic carbocycles. The molecule has 0 saturated carbocycles. The first-order valence-electron chi connectivity index (χ1n) is 5.84. The molecule has 3 aromatic rings. The molecule has 0 bridgehead atoms. The number of hydrogen-bond acceptors (Lipinski definition) is 2. The molecule has 0 fully saturated rings. The first-order valence-corrected chi connectivity index (χ1v) is 5.84. The van der Waals surface area contributed by atoms with Crippen molar-refractivity contribution in [2.24, 2.45) is 7.05 Å². The van der Waals surface area contributed by atoms with Crippen molar-refractivity contribution in [3.8, 4) is 0 Å². The zero-order valence-electron chi connectivity index (χ0n) is 10.3. The molecule has 0 aliphatic heterocycles.